The summed E-state index contributed by atoms with van der Waals surface area (Å²) in [6.45, 7) is -2.29. The predicted octanol–water partition coefficient (Wildman–Crippen LogP) is 3.20. The molecule has 0 bridgehead atoms. The molecule has 2 N–H and O–H groups in total. The molecule has 108 valence electrons. The van der Waals surface area contributed by atoms with Crippen molar-refractivity contribution in [1.29, 1.82) is 0 Å². The van der Waals surface area contributed by atoms with Crippen LogP contribution < -0.4 is 10.5 Å². The summed E-state index contributed by atoms with van der Waals surface area (Å²) in [5.41, 5.74) is 3.96. The van der Waals surface area contributed by atoms with Gasteiger partial charge in [-0.15, -0.1) is 0 Å². The molecule has 0 saturated heterocycles. The molecule has 19 heavy (non-hydrogen) atoms. The zero-order valence-electron chi connectivity index (χ0n) is 9.31. The minimum Gasteiger partial charge on any atom is -0.465 e. The maximum absolute atomic E-state index is 12.3. The highest BCUT2D eigenvalue weighted by atomic mass is 19.4. The van der Waals surface area contributed by atoms with E-state index in [1.54, 1.807) is 0 Å². The van der Waals surface area contributed by atoms with Crippen LogP contribution in [-0.4, -0.2) is 19.6 Å². The zero-order chi connectivity index (χ0) is 14.7. The fraction of sp³-hybridized carbons (Fsp3) is 0.400. The van der Waals surface area contributed by atoms with Crippen LogP contribution in [-0.2, 0) is 10.9 Å². The smallest absolute Gasteiger partial charge is 0.416 e. The number of hydrogen-bond donors (Lipinski definition) is 1. The number of nitrogen functional groups attached to an aromatic ring is 1. The van der Waals surface area contributed by atoms with E-state index in [9.17, 15) is 26.3 Å². The van der Waals surface area contributed by atoms with Gasteiger partial charge in [0.05, 0.1) is 11.3 Å². The molecule has 0 amide bonds. The molecule has 0 aliphatic rings. The van der Waals surface area contributed by atoms with E-state index in [0.717, 1.165) is 6.07 Å². The van der Waals surface area contributed by atoms with Crippen molar-refractivity contribution < 1.29 is 35.8 Å². The van der Waals surface area contributed by atoms with Gasteiger partial charge in [0.15, 0.2) is 6.79 Å². The average molecular weight is 289 g/mol. The van der Waals surface area contributed by atoms with Gasteiger partial charge in [0.2, 0.25) is 0 Å². The van der Waals surface area contributed by atoms with E-state index in [4.69, 9.17) is 5.73 Å². The van der Waals surface area contributed by atoms with E-state index >= 15 is 0 Å². The second-order valence-electron chi connectivity index (χ2n) is 3.48. The van der Waals surface area contributed by atoms with Gasteiger partial charge in [-0.3, -0.25) is 0 Å². The Morgan fingerprint density at radius 3 is 2.16 bits per heavy atom. The van der Waals surface area contributed by atoms with Crippen LogP contribution in [0.5, 0.6) is 5.75 Å². The molecule has 0 aliphatic carbocycles. The largest absolute Gasteiger partial charge is 0.465 e. The zero-order valence-corrected chi connectivity index (χ0v) is 9.31. The van der Waals surface area contributed by atoms with Crippen molar-refractivity contribution >= 4 is 5.69 Å². The van der Waals surface area contributed by atoms with Gasteiger partial charge in [0.1, 0.15) is 12.4 Å². The lowest BCUT2D eigenvalue weighted by Gasteiger charge is -2.12. The monoisotopic (exact) mass is 289 g/mol. The molecule has 3 nitrogen and oxygen atoms in total. The molecular weight excluding hydrogens is 280 g/mol. The van der Waals surface area contributed by atoms with Crippen LogP contribution in [0.2, 0.25) is 0 Å². The Labute approximate surface area is 103 Å². The third kappa shape index (κ3) is 5.25. The number of ether oxygens (including phenoxy) is 2. The van der Waals surface area contributed by atoms with E-state index in [0.29, 0.717) is 12.1 Å². The molecule has 9 heteroatoms. The highest BCUT2D eigenvalue weighted by molar-refractivity contribution is 5.54. The first-order valence-corrected chi connectivity index (χ1v) is 4.83. The second-order valence-corrected chi connectivity index (χ2v) is 3.48. The highest BCUT2D eigenvalue weighted by Gasteiger charge is 2.31. The van der Waals surface area contributed by atoms with Gasteiger partial charge >= 0.3 is 12.4 Å². The fourth-order valence-electron chi connectivity index (χ4n) is 1.12. The molecule has 0 aromatic heterocycles. The fourth-order valence-corrected chi connectivity index (χ4v) is 1.12. The third-order valence-corrected chi connectivity index (χ3v) is 1.90. The predicted molar refractivity (Wildman–Crippen MR) is 53.4 cm³/mol. The Balaban J connectivity index is 2.57. The van der Waals surface area contributed by atoms with Crippen molar-refractivity contribution in [3.8, 4) is 5.75 Å². The summed E-state index contributed by atoms with van der Waals surface area (Å²) in [5.74, 6) is -0.185. The molecule has 1 rings (SSSR count). The molecule has 0 aliphatic heterocycles. The van der Waals surface area contributed by atoms with Gasteiger partial charge in [-0.05, 0) is 18.2 Å². The van der Waals surface area contributed by atoms with Crippen LogP contribution in [0.1, 0.15) is 5.56 Å². The van der Waals surface area contributed by atoms with Crippen LogP contribution in [0.4, 0.5) is 32.0 Å². The lowest BCUT2D eigenvalue weighted by Crippen LogP contribution is -2.19. The van der Waals surface area contributed by atoms with Crippen LogP contribution in [0, 0.1) is 0 Å². The van der Waals surface area contributed by atoms with Crippen molar-refractivity contribution in [2.45, 2.75) is 12.4 Å². The summed E-state index contributed by atoms with van der Waals surface area (Å²) >= 11 is 0. The maximum atomic E-state index is 12.3. The third-order valence-electron chi connectivity index (χ3n) is 1.90. The number of nitrogens with two attached hydrogens (primary N) is 1. The van der Waals surface area contributed by atoms with Gasteiger partial charge in [-0.25, -0.2) is 0 Å². The van der Waals surface area contributed by atoms with Crippen molar-refractivity contribution in [2.24, 2.45) is 0 Å². The molecule has 1 aromatic carbocycles. The van der Waals surface area contributed by atoms with E-state index in [1.807, 2.05) is 0 Å². The quantitative estimate of drug-likeness (QED) is 0.400. The van der Waals surface area contributed by atoms with Gasteiger partial charge in [-0.2, -0.15) is 26.3 Å². The normalized spacial score (nSPS) is 12.5. The number of rotatable bonds is 4. The lowest BCUT2D eigenvalue weighted by molar-refractivity contribution is -0.186. The summed E-state index contributed by atoms with van der Waals surface area (Å²) in [6, 6.07) is 2.24. The number of anilines is 1. The van der Waals surface area contributed by atoms with Crippen LogP contribution in [0.3, 0.4) is 0 Å². The maximum Gasteiger partial charge on any atom is 0.416 e. The summed E-state index contributed by atoms with van der Waals surface area (Å²) in [4.78, 5) is 0. The molecule has 0 unspecified atom stereocenters. The Morgan fingerprint density at radius 2 is 1.68 bits per heavy atom. The Morgan fingerprint density at radius 1 is 1.05 bits per heavy atom. The van der Waals surface area contributed by atoms with Crippen LogP contribution in [0.25, 0.3) is 0 Å². The van der Waals surface area contributed by atoms with E-state index < -0.39 is 31.3 Å². The number of halogens is 6. The first-order valence-electron chi connectivity index (χ1n) is 4.83. The Hall–Kier alpha value is -1.64. The number of alkyl halides is 6. The number of benzene rings is 1. The summed E-state index contributed by atoms with van der Waals surface area (Å²) < 4.78 is 80.8. The van der Waals surface area contributed by atoms with Crippen LogP contribution in [0.15, 0.2) is 18.2 Å². The first-order chi connectivity index (χ1) is 8.59. The minimum absolute atomic E-state index is 0.185. The van der Waals surface area contributed by atoms with Crippen molar-refractivity contribution in [2.75, 3.05) is 19.1 Å². The second kappa shape index (κ2) is 5.55. The van der Waals surface area contributed by atoms with Crippen molar-refractivity contribution in [3.63, 3.8) is 0 Å². The van der Waals surface area contributed by atoms with Crippen molar-refractivity contribution in [3.05, 3.63) is 23.8 Å². The summed E-state index contributed by atoms with van der Waals surface area (Å²) in [7, 11) is 0. The Bertz CT molecular complexity index is 429. The van der Waals surface area contributed by atoms with E-state index in [1.165, 1.54) is 0 Å². The van der Waals surface area contributed by atoms with Gasteiger partial charge in [-0.1, -0.05) is 0 Å². The molecule has 0 heterocycles. The lowest BCUT2D eigenvalue weighted by atomic mass is 10.2. The first kappa shape index (κ1) is 15.4. The van der Waals surface area contributed by atoms with Gasteiger partial charge < -0.3 is 15.2 Å². The molecule has 0 spiro atoms. The summed E-state index contributed by atoms with van der Waals surface area (Å²) in [5, 5.41) is 0. The standard InChI is InChI=1S/C10H9F6NO2/c11-9(12,13)4-18-5-19-8-2-1-6(3-7(8)17)10(14,15)16/h1-3H,4-5,17H2. The van der Waals surface area contributed by atoms with Gasteiger partial charge in [0, 0.05) is 0 Å². The Kier molecular flexibility index (Phi) is 4.51. The molecule has 0 radical (unpaired) electrons. The summed E-state index contributed by atoms with van der Waals surface area (Å²) in [6.07, 6.45) is -9.06. The minimum atomic E-state index is -4.56. The van der Waals surface area contributed by atoms with E-state index in [2.05, 4.69) is 9.47 Å². The molecule has 0 fully saturated rings. The highest BCUT2D eigenvalue weighted by Crippen LogP contribution is 2.33. The van der Waals surface area contributed by atoms with E-state index in [-0.39, 0.29) is 11.4 Å². The topological polar surface area (TPSA) is 44.5 Å². The molecule has 1 aromatic rings. The van der Waals surface area contributed by atoms with Gasteiger partial charge in [0.25, 0.3) is 0 Å². The number of hydrogen-bond acceptors (Lipinski definition) is 3. The average Bonchev–Trinajstić information content (AvgIpc) is 2.23. The van der Waals surface area contributed by atoms with Crippen molar-refractivity contribution in [1.82, 2.24) is 0 Å². The molecule has 0 atom stereocenters. The molecular formula is C10H9F6NO2. The van der Waals surface area contributed by atoms with Crippen LogP contribution >= 0.6 is 0 Å². The SMILES string of the molecule is Nc1cc(C(F)(F)F)ccc1OCOCC(F)(F)F. The molecule has 0 saturated carbocycles.